The summed E-state index contributed by atoms with van der Waals surface area (Å²) in [5.74, 6) is -1.39. The van der Waals surface area contributed by atoms with Crippen molar-refractivity contribution < 1.29 is 22.7 Å². The highest BCUT2D eigenvalue weighted by Crippen LogP contribution is 2.29. The Bertz CT molecular complexity index is 768. The van der Waals surface area contributed by atoms with E-state index in [0.717, 1.165) is 0 Å². The molecular formula is C16H18F3N3O2. The molecule has 1 aliphatic heterocycles. The molecule has 2 aromatic rings. The standard InChI is InChI=1S/C16H18F3N3O2/c1-15(2)8-10(5-6-24-15)20-13(23)9-3-4-11-12(7-9)22-14(21-11)16(17,18)19/h3-4,7,10H,5-6,8H2,1-2H3,(H,20,23)(H,21,22)/t10-/m1/s1. The van der Waals surface area contributed by atoms with Crippen molar-refractivity contribution in [1.82, 2.24) is 15.3 Å². The minimum absolute atomic E-state index is 0.0237. The molecule has 8 heteroatoms. The van der Waals surface area contributed by atoms with Gasteiger partial charge < -0.3 is 15.0 Å². The monoisotopic (exact) mass is 341 g/mol. The highest BCUT2D eigenvalue weighted by Gasteiger charge is 2.35. The number of aromatic amines is 1. The van der Waals surface area contributed by atoms with Gasteiger partial charge in [-0.05, 0) is 44.9 Å². The molecule has 0 bridgehead atoms. The summed E-state index contributed by atoms with van der Waals surface area (Å²) in [4.78, 5) is 18.1. The van der Waals surface area contributed by atoms with Crippen LogP contribution in [0, 0.1) is 0 Å². The predicted octanol–water partition coefficient (Wildman–Crippen LogP) is 3.27. The number of hydrogen-bond acceptors (Lipinski definition) is 3. The van der Waals surface area contributed by atoms with Crippen LogP contribution in [0.3, 0.4) is 0 Å². The van der Waals surface area contributed by atoms with Crippen molar-refractivity contribution in [2.24, 2.45) is 0 Å². The third-order valence-corrected chi connectivity index (χ3v) is 4.04. The molecule has 0 aliphatic carbocycles. The third-order valence-electron chi connectivity index (χ3n) is 4.04. The molecular weight excluding hydrogens is 323 g/mol. The smallest absolute Gasteiger partial charge is 0.375 e. The maximum absolute atomic E-state index is 12.7. The minimum Gasteiger partial charge on any atom is -0.375 e. The van der Waals surface area contributed by atoms with Gasteiger partial charge in [0.05, 0.1) is 16.6 Å². The highest BCUT2D eigenvalue weighted by atomic mass is 19.4. The average Bonchev–Trinajstić information content (AvgIpc) is 2.89. The average molecular weight is 341 g/mol. The van der Waals surface area contributed by atoms with Crippen LogP contribution >= 0.6 is 0 Å². The fourth-order valence-electron chi connectivity index (χ4n) is 2.91. The number of benzene rings is 1. The molecule has 3 rings (SSSR count). The molecule has 1 amide bonds. The normalized spacial score (nSPS) is 21.0. The molecule has 1 saturated heterocycles. The van der Waals surface area contributed by atoms with Crippen molar-refractivity contribution in [3.8, 4) is 0 Å². The van der Waals surface area contributed by atoms with Crippen LogP contribution in [0.15, 0.2) is 18.2 Å². The lowest BCUT2D eigenvalue weighted by Gasteiger charge is -2.35. The minimum atomic E-state index is -4.55. The zero-order chi connectivity index (χ0) is 17.5. The van der Waals surface area contributed by atoms with Gasteiger partial charge in [0.25, 0.3) is 5.91 Å². The Balaban J connectivity index is 1.77. The molecule has 0 saturated carbocycles. The van der Waals surface area contributed by atoms with E-state index in [1.54, 1.807) is 0 Å². The van der Waals surface area contributed by atoms with Crippen molar-refractivity contribution in [3.05, 3.63) is 29.6 Å². The number of imidazole rings is 1. The van der Waals surface area contributed by atoms with Gasteiger partial charge in [0, 0.05) is 18.2 Å². The number of alkyl halides is 3. The molecule has 2 N–H and O–H groups in total. The Kier molecular flexibility index (Phi) is 4.03. The van der Waals surface area contributed by atoms with E-state index in [1.165, 1.54) is 18.2 Å². The highest BCUT2D eigenvalue weighted by molar-refractivity contribution is 5.97. The Labute approximate surface area is 136 Å². The summed E-state index contributed by atoms with van der Waals surface area (Å²) in [7, 11) is 0. The molecule has 1 aliphatic rings. The first kappa shape index (κ1) is 16.8. The summed E-state index contributed by atoms with van der Waals surface area (Å²) >= 11 is 0. The molecule has 1 aromatic carbocycles. The predicted molar refractivity (Wildman–Crippen MR) is 81.6 cm³/mol. The van der Waals surface area contributed by atoms with Crippen molar-refractivity contribution in [3.63, 3.8) is 0 Å². The number of rotatable bonds is 2. The molecule has 5 nitrogen and oxygen atoms in total. The number of H-pyrrole nitrogens is 1. The van der Waals surface area contributed by atoms with Crippen LogP contribution in [0.2, 0.25) is 0 Å². The lowest BCUT2D eigenvalue weighted by atomic mass is 9.94. The number of amides is 1. The summed E-state index contributed by atoms with van der Waals surface area (Å²) in [6, 6.07) is 4.24. The summed E-state index contributed by atoms with van der Waals surface area (Å²) in [6.45, 7) is 4.48. The van der Waals surface area contributed by atoms with Crippen molar-refractivity contribution in [1.29, 1.82) is 0 Å². The number of carbonyl (C=O) groups excluding carboxylic acids is 1. The van der Waals surface area contributed by atoms with Gasteiger partial charge in [-0.2, -0.15) is 13.2 Å². The molecule has 0 spiro atoms. The number of aromatic nitrogens is 2. The molecule has 1 atom stereocenters. The van der Waals surface area contributed by atoms with E-state index in [2.05, 4.69) is 15.3 Å². The molecule has 130 valence electrons. The topological polar surface area (TPSA) is 67.0 Å². The van der Waals surface area contributed by atoms with Gasteiger partial charge in [0.2, 0.25) is 5.82 Å². The molecule has 1 aromatic heterocycles. The number of nitrogens with one attached hydrogen (secondary N) is 2. The fraction of sp³-hybridized carbons (Fsp3) is 0.500. The van der Waals surface area contributed by atoms with Crippen LogP contribution in [-0.2, 0) is 10.9 Å². The van der Waals surface area contributed by atoms with Crippen molar-refractivity contribution in [2.45, 2.75) is 44.5 Å². The number of halogens is 3. The summed E-state index contributed by atoms with van der Waals surface area (Å²) in [5, 5.41) is 2.92. The summed E-state index contributed by atoms with van der Waals surface area (Å²) in [5.41, 5.74) is 0.350. The van der Waals surface area contributed by atoms with Gasteiger partial charge in [-0.1, -0.05) is 0 Å². The van der Waals surface area contributed by atoms with E-state index in [9.17, 15) is 18.0 Å². The lowest BCUT2D eigenvalue weighted by molar-refractivity contribution is -0.144. The van der Waals surface area contributed by atoms with Gasteiger partial charge in [-0.3, -0.25) is 4.79 Å². The quantitative estimate of drug-likeness (QED) is 0.881. The Morgan fingerprint density at radius 1 is 1.42 bits per heavy atom. The largest absolute Gasteiger partial charge is 0.449 e. The zero-order valence-corrected chi connectivity index (χ0v) is 13.3. The van der Waals surface area contributed by atoms with Gasteiger partial charge in [0.1, 0.15) is 0 Å². The van der Waals surface area contributed by atoms with E-state index in [0.29, 0.717) is 25.0 Å². The molecule has 0 unspecified atom stereocenters. The van der Waals surface area contributed by atoms with E-state index < -0.39 is 12.0 Å². The second kappa shape index (κ2) is 5.77. The summed E-state index contributed by atoms with van der Waals surface area (Å²) < 4.78 is 43.7. The van der Waals surface area contributed by atoms with E-state index in [4.69, 9.17) is 4.74 Å². The first-order valence-electron chi connectivity index (χ1n) is 7.66. The maximum Gasteiger partial charge on any atom is 0.449 e. The molecule has 0 radical (unpaired) electrons. The van der Waals surface area contributed by atoms with Crippen molar-refractivity contribution >= 4 is 16.9 Å². The van der Waals surface area contributed by atoms with Crippen LogP contribution in [0.1, 0.15) is 42.9 Å². The van der Waals surface area contributed by atoms with Crippen LogP contribution in [0.25, 0.3) is 11.0 Å². The molecule has 1 fully saturated rings. The SMILES string of the molecule is CC1(C)C[C@H](NC(=O)c2ccc3nc(C(F)(F)F)[nH]c3c2)CCO1. The van der Waals surface area contributed by atoms with Gasteiger partial charge in [-0.25, -0.2) is 4.98 Å². The third kappa shape index (κ3) is 3.53. The lowest BCUT2D eigenvalue weighted by Crippen LogP contribution is -2.45. The van der Waals surface area contributed by atoms with E-state index >= 15 is 0 Å². The maximum atomic E-state index is 12.7. The summed E-state index contributed by atoms with van der Waals surface area (Å²) in [6.07, 6.45) is -3.15. The van der Waals surface area contributed by atoms with Crippen molar-refractivity contribution in [2.75, 3.05) is 6.61 Å². The second-order valence-corrected chi connectivity index (χ2v) is 6.59. The first-order chi connectivity index (χ1) is 11.1. The molecule has 2 heterocycles. The second-order valence-electron chi connectivity index (χ2n) is 6.59. The van der Waals surface area contributed by atoms with Gasteiger partial charge in [0.15, 0.2) is 0 Å². The number of ether oxygens (including phenoxy) is 1. The van der Waals surface area contributed by atoms with Crippen LogP contribution in [-0.4, -0.2) is 34.1 Å². The number of fused-ring (bicyclic) bond motifs is 1. The fourth-order valence-corrected chi connectivity index (χ4v) is 2.91. The number of carbonyl (C=O) groups is 1. The Morgan fingerprint density at radius 2 is 2.17 bits per heavy atom. The number of nitrogens with zero attached hydrogens (tertiary/aromatic N) is 1. The Morgan fingerprint density at radius 3 is 2.83 bits per heavy atom. The number of hydrogen-bond donors (Lipinski definition) is 2. The Hall–Kier alpha value is -2.09. The van der Waals surface area contributed by atoms with E-state index in [1.807, 2.05) is 13.8 Å². The van der Waals surface area contributed by atoms with Crippen LogP contribution in [0.4, 0.5) is 13.2 Å². The molecule has 24 heavy (non-hydrogen) atoms. The van der Waals surface area contributed by atoms with E-state index in [-0.39, 0.29) is 28.6 Å². The van der Waals surface area contributed by atoms with Gasteiger partial charge in [-0.15, -0.1) is 0 Å². The van der Waals surface area contributed by atoms with Crippen LogP contribution < -0.4 is 5.32 Å². The first-order valence-corrected chi connectivity index (χ1v) is 7.66. The zero-order valence-electron chi connectivity index (χ0n) is 13.3. The van der Waals surface area contributed by atoms with Gasteiger partial charge >= 0.3 is 6.18 Å². The van der Waals surface area contributed by atoms with Crippen LogP contribution in [0.5, 0.6) is 0 Å².